The molecule has 1 aromatic heterocycles. The van der Waals surface area contributed by atoms with Gasteiger partial charge in [-0.1, -0.05) is 24.3 Å². The monoisotopic (exact) mass is 441 g/mol. The molecule has 1 heterocycles. The average molecular weight is 441 g/mol. The molecule has 2 amide bonds. The molecule has 0 aliphatic carbocycles. The third kappa shape index (κ3) is 4.47. The predicted molar refractivity (Wildman–Crippen MR) is 121 cm³/mol. The lowest BCUT2D eigenvalue weighted by Crippen LogP contribution is -2.10. The highest BCUT2D eigenvalue weighted by molar-refractivity contribution is 5.93. The van der Waals surface area contributed by atoms with Gasteiger partial charge in [0.15, 0.2) is 17.5 Å². The number of rotatable bonds is 6. The van der Waals surface area contributed by atoms with Gasteiger partial charge in [0, 0.05) is 28.3 Å². The van der Waals surface area contributed by atoms with Crippen LogP contribution in [0.4, 0.5) is 0 Å². The van der Waals surface area contributed by atoms with E-state index >= 15 is 0 Å². The smallest absolute Gasteiger partial charge is 0.248 e. The third-order valence-corrected chi connectivity index (χ3v) is 4.94. The van der Waals surface area contributed by atoms with Gasteiger partial charge in [0.05, 0.1) is 12.7 Å². The Hall–Kier alpha value is -4.79. The van der Waals surface area contributed by atoms with Gasteiger partial charge in [0.1, 0.15) is 11.5 Å². The Morgan fingerprint density at radius 1 is 0.727 bits per heavy atom. The molecule has 0 aliphatic rings. The van der Waals surface area contributed by atoms with E-state index in [1.54, 1.807) is 60.7 Å². The number of amides is 2. The number of carbonyl (C=O) groups is 2. The molecule has 0 spiro atoms. The molecule has 0 radical (unpaired) electrons. The number of nitrogens with zero attached hydrogens (tertiary/aromatic N) is 3. The minimum Gasteiger partial charge on any atom is -0.507 e. The quantitative estimate of drug-likeness (QED) is 0.415. The highest BCUT2D eigenvalue weighted by Gasteiger charge is 2.16. The summed E-state index contributed by atoms with van der Waals surface area (Å²) >= 11 is 0. The van der Waals surface area contributed by atoms with Crippen LogP contribution in [-0.4, -0.2) is 39.0 Å². The van der Waals surface area contributed by atoms with Crippen molar-refractivity contribution < 1.29 is 19.4 Å². The highest BCUT2D eigenvalue weighted by atomic mass is 16.5. The van der Waals surface area contributed by atoms with Crippen LogP contribution >= 0.6 is 0 Å². The first kappa shape index (κ1) is 21.4. The van der Waals surface area contributed by atoms with Crippen LogP contribution in [-0.2, 0) is 0 Å². The van der Waals surface area contributed by atoms with Gasteiger partial charge in [0.2, 0.25) is 11.8 Å². The zero-order valence-electron chi connectivity index (χ0n) is 17.5. The third-order valence-electron chi connectivity index (χ3n) is 4.94. The van der Waals surface area contributed by atoms with E-state index in [0.29, 0.717) is 45.2 Å². The van der Waals surface area contributed by atoms with Crippen LogP contribution in [0, 0.1) is 0 Å². The topological polar surface area (TPSA) is 154 Å². The fourth-order valence-electron chi connectivity index (χ4n) is 3.15. The van der Waals surface area contributed by atoms with E-state index < -0.39 is 11.8 Å². The largest absolute Gasteiger partial charge is 0.507 e. The molecule has 0 saturated heterocycles. The number of carbonyl (C=O) groups excluding carboxylic acids is 2. The second-order valence-electron chi connectivity index (χ2n) is 7.07. The first-order valence-corrected chi connectivity index (χ1v) is 9.79. The summed E-state index contributed by atoms with van der Waals surface area (Å²) in [5.41, 5.74) is 13.0. The van der Waals surface area contributed by atoms with Crippen LogP contribution in [0.1, 0.15) is 20.7 Å². The van der Waals surface area contributed by atoms with E-state index in [1.807, 2.05) is 0 Å². The van der Waals surface area contributed by atoms with Crippen LogP contribution in [0.5, 0.6) is 11.5 Å². The van der Waals surface area contributed by atoms with Crippen LogP contribution < -0.4 is 16.2 Å². The first-order chi connectivity index (χ1) is 15.9. The second kappa shape index (κ2) is 8.75. The Morgan fingerprint density at radius 2 is 1.18 bits per heavy atom. The lowest BCUT2D eigenvalue weighted by Gasteiger charge is -2.10. The Labute approximate surface area is 188 Å². The van der Waals surface area contributed by atoms with Crippen LogP contribution in [0.25, 0.3) is 34.2 Å². The number of nitrogens with two attached hydrogens (primary N) is 2. The lowest BCUT2D eigenvalue weighted by molar-refractivity contribution is 0.0992. The molecule has 164 valence electrons. The standard InChI is InChI=1S/C24H19N5O4/c1-33-17-10-11-18(19(30)12-17)24-28-22(15-6-2-13(3-7-15)20(25)31)27-23(29-24)16-8-4-14(5-9-16)21(26)32/h2-12,30H,1H3,(H2,25,31)(H2,26,32). The molecular weight excluding hydrogens is 422 g/mol. The number of aromatic nitrogens is 3. The van der Waals surface area contributed by atoms with E-state index in [-0.39, 0.29) is 11.6 Å². The van der Waals surface area contributed by atoms with Crippen molar-refractivity contribution in [3.05, 3.63) is 77.9 Å². The van der Waals surface area contributed by atoms with Gasteiger partial charge in [-0.15, -0.1) is 0 Å². The predicted octanol–water partition coefficient (Wildman–Crippen LogP) is 2.78. The maximum atomic E-state index is 11.4. The van der Waals surface area contributed by atoms with Crippen molar-refractivity contribution >= 4 is 11.8 Å². The number of ether oxygens (including phenoxy) is 1. The number of benzene rings is 3. The van der Waals surface area contributed by atoms with E-state index in [9.17, 15) is 14.7 Å². The lowest BCUT2D eigenvalue weighted by atomic mass is 10.1. The molecule has 3 aromatic carbocycles. The molecule has 0 atom stereocenters. The number of phenolic OH excluding ortho intramolecular Hbond substituents is 1. The fraction of sp³-hybridized carbons (Fsp3) is 0.0417. The highest BCUT2D eigenvalue weighted by Crippen LogP contribution is 2.32. The molecule has 0 aliphatic heterocycles. The summed E-state index contributed by atoms with van der Waals surface area (Å²) in [6.07, 6.45) is 0. The maximum Gasteiger partial charge on any atom is 0.248 e. The van der Waals surface area contributed by atoms with Crippen molar-refractivity contribution in [2.24, 2.45) is 11.5 Å². The summed E-state index contributed by atoms with van der Waals surface area (Å²) in [6.45, 7) is 0. The summed E-state index contributed by atoms with van der Waals surface area (Å²) in [7, 11) is 1.50. The number of phenols is 1. The van der Waals surface area contributed by atoms with Gasteiger partial charge in [-0.2, -0.15) is 0 Å². The molecule has 9 nitrogen and oxygen atoms in total. The Bertz CT molecular complexity index is 1280. The van der Waals surface area contributed by atoms with Gasteiger partial charge in [0.25, 0.3) is 0 Å². The summed E-state index contributed by atoms with van der Waals surface area (Å²) in [5, 5.41) is 10.5. The van der Waals surface area contributed by atoms with Gasteiger partial charge in [-0.05, 0) is 36.4 Å². The first-order valence-electron chi connectivity index (χ1n) is 9.79. The Kier molecular flexibility index (Phi) is 5.69. The van der Waals surface area contributed by atoms with Crippen molar-refractivity contribution in [3.8, 4) is 45.7 Å². The van der Waals surface area contributed by atoms with Crippen LogP contribution in [0.2, 0.25) is 0 Å². The van der Waals surface area contributed by atoms with Gasteiger partial charge >= 0.3 is 0 Å². The summed E-state index contributed by atoms with van der Waals surface area (Å²) in [5.74, 6) is 0.196. The second-order valence-corrected chi connectivity index (χ2v) is 7.07. The Morgan fingerprint density at radius 3 is 1.58 bits per heavy atom. The zero-order chi connectivity index (χ0) is 23.5. The van der Waals surface area contributed by atoms with Crippen molar-refractivity contribution in [1.82, 2.24) is 15.0 Å². The summed E-state index contributed by atoms with van der Waals surface area (Å²) in [6, 6.07) is 17.8. The molecule has 5 N–H and O–H groups in total. The average Bonchev–Trinajstić information content (AvgIpc) is 2.83. The van der Waals surface area contributed by atoms with E-state index in [1.165, 1.54) is 13.2 Å². The molecular formula is C24H19N5O4. The fourth-order valence-corrected chi connectivity index (χ4v) is 3.15. The van der Waals surface area contributed by atoms with E-state index in [0.717, 1.165) is 0 Å². The van der Waals surface area contributed by atoms with Crippen molar-refractivity contribution in [1.29, 1.82) is 0 Å². The molecule has 0 saturated carbocycles. The van der Waals surface area contributed by atoms with Gasteiger partial charge in [-0.25, -0.2) is 15.0 Å². The van der Waals surface area contributed by atoms with Gasteiger partial charge < -0.3 is 21.3 Å². The van der Waals surface area contributed by atoms with Crippen LogP contribution in [0.3, 0.4) is 0 Å². The zero-order valence-corrected chi connectivity index (χ0v) is 17.5. The normalized spacial score (nSPS) is 10.6. The molecule has 4 rings (SSSR count). The van der Waals surface area contributed by atoms with Gasteiger partial charge in [-0.3, -0.25) is 9.59 Å². The maximum absolute atomic E-state index is 11.4. The number of hydrogen-bond donors (Lipinski definition) is 3. The van der Waals surface area contributed by atoms with E-state index in [2.05, 4.69) is 15.0 Å². The summed E-state index contributed by atoms with van der Waals surface area (Å²) < 4.78 is 5.14. The van der Waals surface area contributed by atoms with Crippen molar-refractivity contribution in [2.75, 3.05) is 7.11 Å². The molecule has 9 heteroatoms. The van der Waals surface area contributed by atoms with E-state index in [4.69, 9.17) is 16.2 Å². The summed E-state index contributed by atoms with van der Waals surface area (Å²) in [4.78, 5) is 36.4. The molecule has 0 bridgehead atoms. The molecule has 0 unspecified atom stereocenters. The van der Waals surface area contributed by atoms with Crippen LogP contribution in [0.15, 0.2) is 66.7 Å². The molecule has 33 heavy (non-hydrogen) atoms. The number of primary amides is 2. The minimum absolute atomic E-state index is 0.0643. The molecule has 0 fully saturated rings. The Balaban J connectivity index is 1.87. The number of methoxy groups -OCH3 is 1. The minimum atomic E-state index is -0.545. The van der Waals surface area contributed by atoms with Crippen molar-refractivity contribution in [3.63, 3.8) is 0 Å². The molecule has 4 aromatic rings. The number of aromatic hydroxyl groups is 1. The van der Waals surface area contributed by atoms with Crippen molar-refractivity contribution in [2.45, 2.75) is 0 Å². The number of hydrogen-bond acceptors (Lipinski definition) is 7. The SMILES string of the molecule is COc1ccc(-c2nc(-c3ccc(C(N)=O)cc3)nc(-c3ccc(C(N)=O)cc3)n2)c(O)c1.